The second kappa shape index (κ2) is 4.24. The summed E-state index contributed by atoms with van der Waals surface area (Å²) in [5, 5.41) is 8.15. The van der Waals surface area contributed by atoms with Gasteiger partial charge in [-0.2, -0.15) is 0 Å². The zero-order valence-corrected chi connectivity index (χ0v) is 9.99. The highest BCUT2D eigenvalue weighted by Crippen LogP contribution is 2.37. The van der Waals surface area contributed by atoms with Gasteiger partial charge in [-0.05, 0) is 31.6 Å². The number of aryl methyl sites for hydroxylation is 1. The van der Waals surface area contributed by atoms with E-state index in [4.69, 9.17) is 16.0 Å². The van der Waals surface area contributed by atoms with E-state index in [9.17, 15) is 0 Å². The lowest BCUT2D eigenvalue weighted by Gasteiger charge is -2.18. The Morgan fingerprint density at radius 2 is 2.06 bits per heavy atom. The first kappa shape index (κ1) is 10.4. The summed E-state index contributed by atoms with van der Waals surface area (Å²) >= 11 is 5.65. The van der Waals surface area contributed by atoms with E-state index in [-0.39, 0.29) is 0 Å². The first-order chi connectivity index (χ1) is 7.86. The van der Waals surface area contributed by atoms with Gasteiger partial charge in [-0.3, -0.25) is 0 Å². The number of rotatable bonds is 6. The molecule has 2 saturated carbocycles. The topological polar surface area (TPSA) is 42.2 Å². The quantitative estimate of drug-likeness (QED) is 0.717. The smallest absolute Gasteiger partial charge is 0.318 e. The van der Waals surface area contributed by atoms with E-state index in [1.54, 1.807) is 0 Å². The molecule has 0 radical (unpaired) electrons. The number of halogens is 1. The van der Waals surface area contributed by atoms with Crippen LogP contribution in [0.4, 0.5) is 6.01 Å². The average molecular weight is 242 g/mol. The van der Waals surface area contributed by atoms with Crippen molar-refractivity contribution < 1.29 is 4.42 Å². The Bertz CT molecular complexity index is 360. The van der Waals surface area contributed by atoms with Crippen LogP contribution in [0.5, 0.6) is 0 Å². The molecule has 2 aliphatic carbocycles. The summed E-state index contributed by atoms with van der Waals surface area (Å²) in [5.74, 6) is 2.05. The Morgan fingerprint density at radius 3 is 2.69 bits per heavy atom. The monoisotopic (exact) mass is 241 g/mol. The number of aromatic nitrogens is 2. The van der Waals surface area contributed by atoms with Gasteiger partial charge in [0.15, 0.2) is 0 Å². The van der Waals surface area contributed by atoms with Crippen molar-refractivity contribution in [3.05, 3.63) is 5.89 Å². The highest BCUT2D eigenvalue weighted by molar-refractivity contribution is 6.17. The number of alkyl halides is 1. The van der Waals surface area contributed by atoms with Crippen LogP contribution in [0.15, 0.2) is 4.42 Å². The van der Waals surface area contributed by atoms with Crippen molar-refractivity contribution in [2.45, 2.75) is 38.1 Å². The minimum Gasteiger partial charge on any atom is -0.408 e. The van der Waals surface area contributed by atoms with Crippen molar-refractivity contribution in [3.8, 4) is 0 Å². The lowest BCUT2D eigenvalue weighted by molar-refractivity contribution is 0.482. The van der Waals surface area contributed by atoms with E-state index in [1.807, 2.05) is 0 Å². The van der Waals surface area contributed by atoms with Gasteiger partial charge in [0.25, 0.3) is 0 Å². The molecule has 0 N–H and O–H groups in total. The lowest BCUT2D eigenvalue weighted by Crippen LogP contribution is -2.28. The molecule has 0 aromatic carbocycles. The van der Waals surface area contributed by atoms with Gasteiger partial charge in [-0.15, -0.1) is 16.7 Å². The van der Waals surface area contributed by atoms with E-state index in [1.165, 1.54) is 25.7 Å². The van der Waals surface area contributed by atoms with Crippen molar-refractivity contribution in [1.29, 1.82) is 0 Å². The van der Waals surface area contributed by atoms with Crippen LogP contribution in [0, 0.1) is 5.92 Å². The van der Waals surface area contributed by atoms with Crippen LogP contribution in [-0.2, 0) is 6.42 Å². The molecule has 2 aliphatic rings. The summed E-state index contributed by atoms with van der Waals surface area (Å²) in [6.07, 6.45) is 5.90. The molecule has 1 heterocycles. The van der Waals surface area contributed by atoms with Crippen LogP contribution in [0.2, 0.25) is 0 Å². The first-order valence-corrected chi connectivity index (χ1v) is 6.55. The van der Waals surface area contributed by atoms with Gasteiger partial charge in [0, 0.05) is 24.9 Å². The van der Waals surface area contributed by atoms with Crippen molar-refractivity contribution in [2.24, 2.45) is 5.92 Å². The zero-order chi connectivity index (χ0) is 11.0. The van der Waals surface area contributed by atoms with Crippen molar-refractivity contribution in [3.63, 3.8) is 0 Å². The van der Waals surface area contributed by atoms with Gasteiger partial charge >= 0.3 is 6.01 Å². The number of hydrogen-bond acceptors (Lipinski definition) is 4. The van der Waals surface area contributed by atoms with Crippen molar-refractivity contribution in [1.82, 2.24) is 10.2 Å². The lowest BCUT2D eigenvalue weighted by atomic mass is 10.4. The SMILES string of the molecule is ClCCc1nnc(N(CC2CC2)C2CC2)o1. The molecule has 0 amide bonds. The number of hydrogen-bond donors (Lipinski definition) is 0. The maximum atomic E-state index is 5.65. The van der Waals surface area contributed by atoms with Gasteiger partial charge < -0.3 is 9.32 Å². The van der Waals surface area contributed by atoms with Gasteiger partial charge in [-0.25, -0.2) is 0 Å². The maximum Gasteiger partial charge on any atom is 0.318 e. The highest BCUT2D eigenvalue weighted by atomic mass is 35.5. The van der Waals surface area contributed by atoms with Gasteiger partial charge in [0.05, 0.1) is 0 Å². The van der Waals surface area contributed by atoms with Crippen LogP contribution in [0.25, 0.3) is 0 Å². The molecule has 1 aromatic heterocycles. The minimum absolute atomic E-state index is 0.535. The molecular formula is C11H16ClN3O. The van der Waals surface area contributed by atoms with Gasteiger partial charge in [0.2, 0.25) is 5.89 Å². The second-order valence-electron chi connectivity index (χ2n) is 4.74. The van der Waals surface area contributed by atoms with E-state index in [0.29, 0.717) is 30.2 Å². The fourth-order valence-corrected chi connectivity index (χ4v) is 2.05. The minimum atomic E-state index is 0.535. The Kier molecular flexibility index (Phi) is 2.75. The third-order valence-corrected chi connectivity index (χ3v) is 3.34. The Labute approximate surface area is 100.0 Å². The summed E-state index contributed by atoms with van der Waals surface area (Å²) in [7, 11) is 0. The van der Waals surface area contributed by atoms with E-state index in [0.717, 1.165) is 12.5 Å². The Balaban J connectivity index is 1.70. The first-order valence-electron chi connectivity index (χ1n) is 6.02. The predicted octanol–water partition coefficient (Wildman–Crippen LogP) is 2.23. The van der Waals surface area contributed by atoms with E-state index >= 15 is 0 Å². The van der Waals surface area contributed by atoms with Gasteiger partial charge in [0.1, 0.15) is 0 Å². The van der Waals surface area contributed by atoms with Crippen LogP contribution >= 0.6 is 11.6 Å². The Morgan fingerprint density at radius 1 is 1.25 bits per heavy atom. The molecule has 0 unspecified atom stereocenters. The van der Waals surface area contributed by atoms with Crippen LogP contribution in [0.1, 0.15) is 31.6 Å². The normalized spacial score (nSPS) is 20.1. The Hall–Kier alpha value is -0.770. The highest BCUT2D eigenvalue weighted by Gasteiger charge is 2.36. The molecule has 0 atom stereocenters. The summed E-state index contributed by atoms with van der Waals surface area (Å²) in [4.78, 5) is 2.29. The van der Waals surface area contributed by atoms with E-state index < -0.39 is 0 Å². The predicted molar refractivity (Wildman–Crippen MR) is 61.8 cm³/mol. The fraction of sp³-hybridized carbons (Fsp3) is 0.818. The van der Waals surface area contributed by atoms with Crippen molar-refractivity contribution in [2.75, 3.05) is 17.3 Å². The molecule has 0 spiro atoms. The van der Waals surface area contributed by atoms with E-state index in [2.05, 4.69) is 15.1 Å². The number of nitrogens with zero attached hydrogens (tertiary/aromatic N) is 3. The average Bonchev–Trinajstić information content (AvgIpc) is 3.17. The number of anilines is 1. The standard InChI is InChI=1S/C11H16ClN3O/c12-6-5-10-13-14-11(16-10)15(9-3-4-9)7-8-1-2-8/h8-9H,1-7H2. The third-order valence-electron chi connectivity index (χ3n) is 3.15. The molecule has 0 saturated heterocycles. The van der Waals surface area contributed by atoms with Gasteiger partial charge in [-0.1, -0.05) is 5.10 Å². The fourth-order valence-electron chi connectivity index (χ4n) is 1.89. The molecule has 2 fully saturated rings. The molecule has 4 nitrogen and oxygen atoms in total. The molecule has 88 valence electrons. The third kappa shape index (κ3) is 2.32. The molecular weight excluding hydrogens is 226 g/mol. The summed E-state index contributed by atoms with van der Waals surface area (Å²) < 4.78 is 5.64. The maximum absolute atomic E-state index is 5.65. The second-order valence-corrected chi connectivity index (χ2v) is 5.12. The largest absolute Gasteiger partial charge is 0.408 e. The molecule has 5 heteroatoms. The molecule has 3 rings (SSSR count). The molecule has 0 bridgehead atoms. The summed E-state index contributed by atoms with van der Waals surface area (Å²) in [6.45, 7) is 1.09. The summed E-state index contributed by atoms with van der Waals surface area (Å²) in [6, 6.07) is 1.35. The molecule has 16 heavy (non-hydrogen) atoms. The summed E-state index contributed by atoms with van der Waals surface area (Å²) in [5.41, 5.74) is 0. The van der Waals surface area contributed by atoms with Crippen LogP contribution in [-0.4, -0.2) is 28.7 Å². The zero-order valence-electron chi connectivity index (χ0n) is 9.23. The van der Waals surface area contributed by atoms with Crippen LogP contribution < -0.4 is 4.90 Å². The molecule has 0 aliphatic heterocycles. The van der Waals surface area contributed by atoms with Crippen molar-refractivity contribution >= 4 is 17.6 Å². The van der Waals surface area contributed by atoms with Crippen LogP contribution in [0.3, 0.4) is 0 Å². The molecule has 1 aromatic rings.